The molecule has 2 amide bonds. The van der Waals surface area contributed by atoms with E-state index in [2.05, 4.69) is 4.98 Å². The van der Waals surface area contributed by atoms with Gasteiger partial charge in [-0.1, -0.05) is 0 Å². The Morgan fingerprint density at radius 1 is 1.29 bits per heavy atom. The van der Waals surface area contributed by atoms with Crippen molar-refractivity contribution in [2.24, 2.45) is 17.1 Å². The fourth-order valence-corrected chi connectivity index (χ4v) is 6.23. The number of carbonyl (C=O) groups is 2. The Balaban J connectivity index is 1.64. The summed E-state index contributed by atoms with van der Waals surface area (Å²) in [5, 5.41) is 10.1. The van der Waals surface area contributed by atoms with Gasteiger partial charge < -0.3 is 25.5 Å². The lowest BCUT2D eigenvalue weighted by Gasteiger charge is -2.40. The van der Waals surface area contributed by atoms with Crippen molar-refractivity contribution in [1.29, 1.82) is 0 Å². The minimum Gasteiger partial charge on any atom is -0.465 e. The van der Waals surface area contributed by atoms with Crippen molar-refractivity contribution in [3.63, 3.8) is 0 Å². The lowest BCUT2D eigenvalue weighted by Crippen LogP contribution is -2.53. The summed E-state index contributed by atoms with van der Waals surface area (Å²) in [6.45, 7) is 6.52. The Bertz CT molecular complexity index is 1060. The molecule has 1 aromatic rings. The molecule has 0 spiro atoms. The van der Waals surface area contributed by atoms with E-state index in [0.717, 1.165) is 12.3 Å². The smallest absolute Gasteiger partial charge is 0.417 e. The van der Waals surface area contributed by atoms with E-state index in [0.29, 0.717) is 43.6 Å². The third-order valence-corrected chi connectivity index (χ3v) is 7.80. The summed E-state index contributed by atoms with van der Waals surface area (Å²) in [4.78, 5) is 35.0. The number of amides is 2. The maximum Gasteiger partial charge on any atom is 0.417 e. The van der Waals surface area contributed by atoms with Crippen molar-refractivity contribution < 1.29 is 27.9 Å². The molecule has 35 heavy (non-hydrogen) atoms. The number of hydrogen-bond acceptors (Lipinski definition) is 4. The Morgan fingerprint density at radius 2 is 1.97 bits per heavy atom. The van der Waals surface area contributed by atoms with Crippen LogP contribution in [0.2, 0.25) is 0 Å². The van der Waals surface area contributed by atoms with Gasteiger partial charge in [-0.2, -0.15) is 13.2 Å². The zero-order chi connectivity index (χ0) is 25.9. The van der Waals surface area contributed by atoms with Crippen molar-refractivity contribution in [3.8, 4) is 0 Å². The highest BCUT2D eigenvalue weighted by atomic mass is 32.1. The standard InChI is InChI=1S/C23H30F3N5O3S/c1-21(2,3)31(20(33)34)16-7-15-11-30(19(27)35)12-22(15,8-16)18(32)29-5-4-17-13(10-29)6-14(9-28-17)23(24,25)26/h6,9,15-16H,4-5,7-8,10-12H2,1-3H3,(H2,27,35)(H,33,34)/t15-,16+,22-/m0/s1. The number of pyridine rings is 1. The minimum absolute atomic E-state index is 0.0270. The quantitative estimate of drug-likeness (QED) is 0.586. The average molecular weight is 514 g/mol. The Labute approximate surface area is 207 Å². The number of rotatable bonds is 2. The first kappa shape index (κ1) is 25.5. The molecule has 2 aliphatic heterocycles. The van der Waals surface area contributed by atoms with E-state index in [4.69, 9.17) is 18.0 Å². The molecule has 3 atom stereocenters. The van der Waals surface area contributed by atoms with Crippen LogP contribution in [0.15, 0.2) is 12.3 Å². The molecular weight excluding hydrogens is 483 g/mol. The van der Waals surface area contributed by atoms with Crippen LogP contribution in [0, 0.1) is 11.3 Å². The van der Waals surface area contributed by atoms with Crippen molar-refractivity contribution in [2.45, 2.75) is 64.3 Å². The van der Waals surface area contributed by atoms with Crippen LogP contribution in [0.3, 0.4) is 0 Å². The van der Waals surface area contributed by atoms with E-state index in [1.54, 1.807) is 9.80 Å². The molecule has 1 aromatic heterocycles. The second-order valence-electron chi connectivity index (χ2n) is 10.8. The van der Waals surface area contributed by atoms with Crippen LogP contribution in [0.5, 0.6) is 0 Å². The second-order valence-corrected chi connectivity index (χ2v) is 11.2. The largest absolute Gasteiger partial charge is 0.465 e. The van der Waals surface area contributed by atoms with Gasteiger partial charge in [-0.15, -0.1) is 0 Å². The maximum atomic E-state index is 14.1. The fraction of sp³-hybridized carbons (Fsp3) is 0.652. The van der Waals surface area contributed by atoms with Gasteiger partial charge in [-0.3, -0.25) is 9.78 Å². The van der Waals surface area contributed by atoms with Crippen molar-refractivity contribution in [1.82, 2.24) is 19.7 Å². The van der Waals surface area contributed by atoms with E-state index >= 15 is 0 Å². The van der Waals surface area contributed by atoms with E-state index in [1.165, 1.54) is 4.90 Å². The van der Waals surface area contributed by atoms with Crippen LogP contribution in [0.4, 0.5) is 18.0 Å². The first-order valence-electron chi connectivity index (χ1n) is 11.5. The number of thiocarbonyl (C=S) groups is 1. The fourth-order valence-electron chi connectivity index (χ4n) is 6.09. The van der Waals surface area contributed by atoms with Gasteiger partial charge in [0.25, 0.3) is 0 Å². The molecule has 0 unspecified atom stereocenters. The molecule has 0 aromatic carbocycles. The number of likely N-dealkylation sites (tertiary alicyclic amines) is 1. The molecule has 4 rings (SSSR count). The second kappa shape index (κ2) is 8.49. The first-order valence-corrected chi connectivity index (χ1v) is 12.0. The number of alkyl halides is 3. The minimum atomic E-state index is -4.52. The first-order chi connectivity index (χ1) is 16.1. The van der Waals surface area contributed by atoms with Crippen molar-refractivity contribution >= 4 is 29.3 Å². The monoisotopic (exact) mass is 513 g/mol. The summed E-state index contributed by atoms with van der Waals surface area (Å²) >= 11 is 5.17. The highest BCUT2D eigenvalue weighted by Gasteiger charge is 2.61. The number of aromatic nitrogens is 1. The van der Waals surface area contributed by atoms with Crippen LogP contribution < -0.4 is 5.73 Å². The van der Waals surface area contributed by atoms with Crippen LogP contribution in [0.25, 0.3) is 0 Å². The van der Waals surface area contributed by atoms with E-state index in [9.17, 15) is 27.9 Å². The number of nitrogens with zero attached hydrogens (tertiary/aromatic N) is 4. The zero-order valence-corrected chi connectivity index (χ0v) is 20.7. The molecule has 8 nitrogen and oxygen atoms in total. The maximum absolute atomic E-state index is 14.1. The number of hydrogen-bond donors (Lipinski definition) is 2. The molecule has 1 saturated carbocycles. The SMILES string of the molecule is CC(C)(C)N(C(=O)O)[C@@H]1C[C@H]2CN(C(N)=S)C[C@@]2(C(=O)N2CCc3ncc(C(F)(F)F)cc3C2)C1. The number of fused-ring (bicyclic) bond motifs is 2. The molecule has 0 bridgehead atoms. The summed E-state index contributed by atoms with van der Waals surface area (Å²) in [5.74, 6) is -0.363. The van der Waals surface area contributed by atoms with Crippen LogP contribution in [-0.2, 0) is 23.9 Å². The molecule has 1 aliphatic carbocycles. The Morgan fingerprint density at radius 3 is 2.54 bits per heavy atom. The number of halogens is 3. The highest BCUT2D eigenvalue weighted by molar-refractivity contribution is 7.80. The van der Waals surface area contributed by atoms with E-state index in [1.807, 2.05) is 20.8 Å². The van der Waals surface area contributed by atoms with E-state index < -0.39 is 28.8 Å². The van der Waals surface area contributed by atoms with Crippen LogP contribution >= 0.6 is 12.2 Å². The molecule has 3 aliphatic rings. The molecular formula is C23H30F3N5O3S. The molecule has 3 heterocycles. The molecule has 0 radical (unpaired) electrons. The lowest BCUT2D eigenvalue weighted by molar-refractivity contribution is -0.144. The summed E-state index contributed by atoms with van der Waals surface area (Å²) < 4.78 is 39.7. The van der Waals surface area contributed by atoms with Gasteiger partial charge in [-0.05, 0) is 63.4 Å². The molecule has 3 N–H and O–H groups in total. The van der Waals surface area contributed by atoms with Gasteiger partial charge in [0.1, 0.15) is 0 Å². The molecule has 192 valence electrons. The topological polar surface area (TPSA) is 103 Å². The number of carboxylic acid groups (broad SMARTS) is 1. The van der Waals surface area contributed by atoms with Gasteiger partial charge in [0.2, 0.25) is 5.91 Å². The Hall–Kier alpha value is -2.63. The van der Waals surface area contributed by atoms with Crippen molar-refractivity contribution in [3.05, 3.63) is 29.1 Å². The van der Waals surface area contributed by atoms with Gasteiger partial charge in [0.15, 0.2) is 5.11 Å². The predicted molar refractivity (Wildman–Crippen MR) is 125 cm³/mol. The van der Waals surface area contributed by atoms with E-state index in [-0.39, 0.29) is 36.1 Å². The van der Waals surface area contributed by atoms with Gasteiger partial charge in [0, 0.05) is 56.1 Å². The Kier molecular flexibility index (Phi) is 6.18. The number of nitrogens with two attached hydrogens (primary N) is 1. The molecule has 2 fully saturated rings. The molecule has 12 heteroatoms. The summed E-state index contributed by atoms with van der Waals surface area (Å²) in [7, 11) is 0. The predicted octanol–water partition coefficient (Wildman–Crippen LogP) is 3.09. The van der Waals surface area contributed by atoms with Gasteiger partial charge in [-0.25, -0.2) is 4.79 Å². The average Bonchev–Trinajstić information content (AvgIpc) is 3.25. The third kappa shape index (κ3) is 4.52. The molecule has 1 saturated heterocycles. The van der Waals surface area contributed by atoms with Gasteiger partial charge >= 0.3 is 12.3 Å². The zero-order valence-electron chi connectivity index (χ0n) is 19.9. The summed E-state index contributed by atoms with van der Waals surface area (Å²) in [5.41, 5.74) is 4.40. The summed E-state index contributed by atoms with van der Waals surface area (Å²) in [6, 6.07) is 0.696. The summed E-state index contributed by atoms with van der Waals surface area (Å²) in [6.07, 6.45) is -3.59. The normalized spacial score (nSPS) is 26.3. The number of carbonyl (C=O) groups excluding carboxylic acids is 1. The van der Waals surface area contributed by atoms with Crippen LogP contribution in [0.1, 0.15) is 50.4 Å². The van der Waals surface area contributed by atoms with Crippen molar-refractivity contribution in [2.75, 3.05) is 19.6 Å². The lowest BCUT2D eigenvalue weighted by atomic mass is 9.78. The third-order valence-electron chi connectivity index (χ3n) is 7.54. The highest BCUT2D eigenvalue weighted by Crippen LogP contribution is 2.52. The van der Waals surface area contributed by atoms with Gasteiger partial charge in [0.05, 0.1) is 11.0 Å². The van der Waals surface area contributed by atoms with Crippen LogP contribution in [-0.4, -0.2) is 73.1 Å².